The van der Waals surface area contributed by atoms with Crippen LogP contribution < -0.4 is 0 Å². The quantitative estimate of drug-likeness (QED) is 0.556. The molecule has 0 aromatic heterocycles. The van der Waals surface area contributed by atoms with Crippen molar-refractivity contribution in [2.75, 3.05) is 0 Å². The van der Waals surface area contributed by atoms with Crippen LogP contribution in [0.15, 0.2) is 24.3 Å². The fraction of sp³-hybridized carbons (Fsp3) is 0.500. The van der Waals surface area contributed by atoms with Crippen molar-refractivity contribution in [1.29, 1.82) is 0 Å². The summed E-state index contributed by atoms with van der Waals surface area (Å²) in [5, 5.41) is 38.2. The van der Waals surface area contributed by atoms with Gasteiger partial charge in [0.15, 0.2) is 5.78 Å². The Morgan fingerprint density at radius 3 is 2.30 bits per heavy atom. The van der Waals surface area contributed by atoms with Crippen LogP contribution in [0, 0.1) is 5.82 Å². The van der Waals surface area contributed by atoms with Gasteiger partial charge in [-0.25, -0.2) is 4.39 Å². The third kappa shape index (κ3) is 4.08. The highest BCUT2D eigenvalue weighted by Crippen LogP contribution is 2.13. The molecule has 4 N–H and O–H groups in total. The number of Topliss-reactive ketones (excluding diaryl/α,β-unsaturated/α-hetero) is 1. The molecule has 0 unspecified atom stereocenters. The Kier molecular flexibility index (Phi) is 6.22. The lowest BCUT2D eigenvalue weighted by Gasteiger charge is -2.25. The van der Waals surface area contributed by atoms with Crippen LogP contribution in [0.1, 0.15) is 18.9 Å². The summed E-state index contributed by atoms with van der Waals surface area (Å²) in [6.45, 7) is 1.58. The molecule has 1 aromatic rings. The summed E-state index contributed by atoms with van der Waals surface area (Å²) in [4.78, 5) is 11.8. The van der Waals surface area contributed by atoms with Crippen molar-refractivity contribution in [2.24, 2.45) is 0 Å². The normalized spacial score (nSPS) is 17.3. The van der Waals surface area contributed by atoms with Gasteiger partial charge in [-0.2, -0.15) is 0 Å². The van der Waals surface area contributed by atoms with Crippen molar-refractivity contribution >= 4 is 5.78 Å². The summed E-state index contributed by atoms with van der Waals surface area (Å²) < 4.78 is 13.4. The maximum absolute atomic E-state index is 13.4. The number of hydrogen-bond acceptors (Lipinski definition) is 5. The van der Waals surface area contributed by atoms with Gasteiger partial charge in [0.1, 0.15) is 24.1 Å². The predicted octanol–water partition coefficient (Wildman–Crippen LogP) is -0.209. The number of benzene rings is 1. The van der Waals surface area contributed by atoms with Crippen LogP contribution in [-0.2, 0) is 11.2 Å². The summed E-state index contributed by atoms with van der Waals surface area (Å²) in [6, 6.07) is 5.59. The van der Waals surface area contributed by atoms with Gasteiger partial charge in [0, 0.05) is 6.42 Å². The lowest BCUT2D eigenvalue weighted by Crippen LogP contribution is -2.47. The molecule has 0 aliphatic heterocycles. The molecule has 0 saturated heterocycles. The average Bonchev–Trinajstić information content (AvgIpc) is 2.46. The van der Waals surface area contributed by atoms with Crippen molar-refractivity contribution in [3.8, 4) is 0 Å². The first-order valence-electron chi connectivity index (χ1n) is 6.36. The highest BCUT2D eigenvalue weighted by Gasteiger charge is 2.33. The molecule has 5 nitrogen and oxygen atoms in total. The Morgan fingerprint density at radius 1 is 1.15 bits per heavy atom. The molecular formula is C14H19FO5. The van der Waals surface area contributed by atoms with E-state index in [0.29, 0.717) is 0 Å². The number of carbonyl (C=O) groups is 1. The third-order valence-electron chi connectivity index (χ3n) is 3.14. The number of carbonyl (C=O) groups excluding carboxylic acids is 1. The first kappa shape index (κ1) is 16.7. The lowest BCUT2D eigenvalue weighted by atomic mass is 9.96. The predicted molar refractivity (Wildman–Crippen MR) is 69.4 cm³/mol. The molecule has 0 saturated carbocycles. The summed E-state index contributed by atoms with van der Waals surface area (Å²) in [5.41, 5.74) is 0.0919. The largest absolute Gasteiger partial charge is 0.390 e. The van der Waals surface area contributed by atoms with Crippen LogP contribution in [0.4, 0.5) is 4.39 Å². The van der Waals surface area contributed by atoms with Crippen molar-refractivity contribution in [2.45, 2.75) is 44.2 Å². The summed E-state index contributed by atoms with van der Waals surface area (Å²) in [7, 11) is 0. The number of aliphatic hydroxyl groups excluding tert-OH is 4. The minimum absolute atomic E-state index is 0.0919. The second kappa shape index (κ2) is 7.44. The lowest BCUT2D eigenvalue weighted by molar-refractivity contribution is -0.144. The topological polar surface area (TPSA) is 98.0 Å². The fourth-order valence-electron chi connectivity index (χ4n) is 1.78. The average molecular weight is 286 g/mol. The van der Waals surface area contributed by atoms with Gasteiger partial charge < -0.3 is 20.4 Å². The summed E-state index contributed by atoms with van der Waals surface area (Å²) >= 11 is 0. The van der Waals surface area contributed by atoms with E-state index in [1.165, 1.54) is 18.2 Å². The highest BCUT2D eigenvalue weighted by atomic mass is 19.1. The van der Waals surface area contributed by atoms with E-state index in [2.05, 4.69) is 0 Å². The zero-order valence-electron chi connectivity index (χ0n) is 11.1. The number of hydrogen-bond donors (Lipinski definition) is 4. The first-order valence-corrected chi connectivity index (χ1v) is 6.36. The summed E-state index contributed by atoms with van der Waals surface area (Å²) in [6.07, 6.45) is -6.83. The van der Waals surface area contributed by atoms with Gasteiger partial charge in [-0.1, -0.05) is 25.1 Å². The molecule has 0 aliphatic rings. The molecule has 0 aliphatic carbocycles. The molecule has 1 aromatic carbocycles. The van der Waals surface area contributed by atoms with Crippen LogP contribution in [0.2, 0.25) is 0 Å². The molecule has 6 heteroatoms. The maximum atomic E-state index is 13.4. The van der Waals surface area contributed by atoms with Crippen LogP contribution in [0.5, 0.6) is 0 Å². The number of ketones is 1. The fourth-order valence-corrected chi connectivity index (χ4v) is 1.78. The molecule has 0 fully saturated rings. The smallest absolute Gasteiger partial charge is 0.168 e. The van der Waals surface area contributed by atoms with E-state index in [-0.39, 0.29) is 12.0 Å². The maximum Gasteiger partial charge on any atom is 0.168 e. The molecule has 0 amide bonds. The SMILES string of the molecule is CC[C@@H](O)[C@@H](O)[C@H](O)[C@@H](O)C(=O)Cc1ccccc1F. The molecule has 0 spiro atoms. The Hall–Kier alpha value is -1.34. The van der Waals surface area contributed by atoms with E-state index in [1.54, 1.807) is 13.0 Å². The summed E-state index contributed by atoms with van der Waals surface area (Å²) in [5.74, 6) is -1.42. The van der Waals surface area contributed by atoms with E-state index in [1.807, 2.05) is 0 Å². The van der Waals surface area contributed by atoms with Crippen LogP contribution in [0.25, 0.3) is 0 Å². The van der Waals surface area contributed by atoms with Gasteiger partial charge in [0.25, 0.3) is 0 Å². The standard InChI is InChI=1S/C14H19FO5/c1-2-10(16)12(18)14(20)13(19)11(17)7-8-5-3-4-6-9(8)15/h3-6,10,12-14,16,18-20H,2,7H2,1H3/t10-,12-,13+,14+/m1/s1. The van der Waals surface area contributed by atoms with E-state index < -0.39 is 42.4 Å². The second-order valence-electron chi connectivity index (χ2n) is 4.64. The molecule has 112 valence electrons. The van der Waals surface area contributed by atoms with Crippen molar-refractivity contribution in [3.05, 3.63) is 35.6 Å². The van der Waals surface area contributed by atoms with Crippen LogP contribution in [-0.4, -0.2) is 50.6 Å². The molecule has 20 heavy (non-hydrogen) atoms. The minimum Gasteiger partial charge on any atom is -0.390 e. The van der Waals surface area contributed by atoms with Gasteiger partial charge in [-0.05, 0) is 18.1 Å². The van der Waals surface area contributed by atoms with Gasteiger partial charge >= 0.3 is 0 Å². The molecule has 1 rings (SSSR count). The first-order chi connectivity index (χ1) is 9.38. The van der Waals surface area contributed by atoms with Crippen molar-refractivity contribution in [1.82, 2.24) is 0 Å². The molecule has 0 radical (unpaired) electrons. The van der Waals surface area contributed by atoms with E-state index in [4.69, 9.17) is 0 Å². The third-order valence-corrected chi connectivity index (χ3v) is 3.14. The van der Waals surface area contributed by atoms with Gasteiger partial charge in [-0.15, -0.1) is 0 Å². The number of aliphatic hydroxyl groups is 4. The van der Waals surface area contributed by atoms with E-state index in [0.717, 1.165) is 0 Å². The molecular weight excluding hydrogens is 267 g/mol. The number of rotatable bonds is 7. The number of halogens is 1. The van der Waals surface area contributed by atoms with E-state index in [9.17, 15) is 29.6 Å². The zero-order valence-corrected chi connectivity index (χ0v) is 11.1. The minimum atomic E-state index is -1.88. The molecule has 4 atom stereocenters. The second-order valence-corrected chi connectivity index (χ2v) is 4.64. The molecule has 0 heterocycles. The Labute approximate surface area is 116 Å². The van der Waals surface area contributed by atoms with Crippen LogP contribution >= 0.6 is 0 Å². The van der Waals surface area contributed by atoms with Crippen molar-refractivity contribution < 1.29 is 29.6 Å². The van der Waals surface area contributed by atoms with Crippen molar-refractivity contribution in [3.63, 3.8) is 0 Å². The van der Waals surface area contributed by atoms with Gasteiger partial charge in [0.2, 0.25) is 0 Å². The molecule has 0 bridgehead atoms. The highest BCUT2D eigenvalue weighted by molar-refractivity contribution is 5.85. The van der Waals surface area contributed by atoms with E-state index >= 15 is 0 Å². The Morgan fingerprint density at radius 2 is 1.75 bits per heavy atom. The zero-order chi connectivity index (χ0) is 15.3. The Bertz CT molecular complexity index is 451. The van der Waals surface area contributed by atoms with Gasteiger partial charge in [-0.3, -0.25) is 4.79 Å². The Balaban J connectivity index is 2.70. The monoisotopic (exact) mass is 286 g/mol. The van der Waals surface area contributed by atoms with Crippen LogP contribution in [0.3, 0.4) is 0 Å². The van der Waals surface area contributed by atoms with Gasteiger partial charge in [0.05, 0.1) is 6.10 Å².